The Hall–Kier alpha value is -2.17. The lowest BCUT2D eigenvalue weighted by atomic mass is 10.1. The Morgan fingerprint density at radius 1 is 0.581 bits per heavy atom. The van der Waals surface area contributed by atoms with Gasteiger partial charge in [0.05, 0.1) is 13.2 Å². The van der Waals surface area contributed by atoms with E-state index in [1.807, 2.05) is 0 Å². The lowest BCUT2D eigenvalue weighted by Crippen LogP contribution is -2.27. The Morgan fingerprint density at radius 3 is 1.56 bits per heavy atom. The van der Waals surface area contributed by atoms with Crippen molar-refractivity contribution in [3.8, 4) is 0 Å². The van der Waals surface area contributed by atoms with Gasteiger partial charge in [0.1, 0.15) is 6.10 Å². The van der Waals surface area contributed by atoms with E-state index in [4.69, 9.17) is 9.47 Å². The first-order valence-corrected chi connectivity index (χ1v) is 17.5. The average Bonchev–Trinajstić information content (AvgIpc) is 3.01. The van der Waals surface area contributed by atoms with Crippen LogP contribution in [0.15, 0.2) is 72.9 Å². The van der Waals surface area contributed by atoms with Crippen molar-refractivity contribution in [3.63, 3.8) is 0 Å². The van der Waals surface area contributed by atoms with Gasteiger partial charge < -0.3 is 14.6 Å². The lowest BCUT2D eigenvalue weighted by Gasteiger charge is -2.15. The Labute approximate surface area is 266 Å². The van der Waals surface area contributed by atoms with Gasteiger partial charge in [-0.05, 0) is 64.2 Å². The predicted octanol–water partition coefficient (Wildman–Crippen LogP) is 11.1. The molecule has 0 aliphatic heterocycles. The van der Waals surface area contributed by atoms with Gasteiger partial charge in [0, 0.05) is 13.0 Å². The van der Waals surface area contributed by atoms with Gasteiger partial charge in [0.2, 0.25) is 0 Å². The lowest BCUT2D eigenvalue weighted by molar-refractivity contribution is -0.154. The van der Waals surface area contributed by atoms with Crippen LogP contribution in [-0.2, 0) is 14.3 Å². The van der Waals surface area contributed by atoms with Crippen molar-refractivity contribution in [1.82, 2.24) is 0 Å². The molecule has 0 aliphatic carbocycles. The number of allylic oxidation sites excluding steroid dienone is 12. The van der Waals surface area contributed by atoms with Gasteiger partial charge >= 0.3 is 5.97 Å². The first-order valence-electron chi connectivity index (χ1n) is 17.5. The van der Waals surface area contributed by atoms with Crippen molar-refractivity contribution in [2.24, 2.45) is 0 Å². The fourth-order valence-corrected chi connectivity index (χ4v) is 4.45. The number of ether oxygens (including phenoxy) is 2. The monoisotopic (exact) mass is 598 g/mol. The van der Waals surface area contributed by atoms with Crippen LogP contribution in [-0.4, -0.2) is 37.0 Å². The third kappa shape index (κ3) is 34.2. The van der Waals surface area contributed by atoms with E-state index in [9.17, 15) is 9.90 Å². The summed E-state index contributed by atoms with van der Waals surface area (Å²) in [6, 6.07) is 0. The molecule has 4 nitrogen and oxygen atoms in total. The van der Waals surface area contributed by atoms with E-state index in [0.717, 1.165) is 77.0 Å². The summed E-state index contributed by atoms with van der Waals surface area (Å²) in [6.45, 7) is 5.12. The number of unbranched alkanes of at least 4 members (excludes halogenated alkanes) is 11. The quantitative estimate of drug-likeness (QED) is 0.0490. The highest BCUT2D eigenvalue weighted by molar-refractivity contribution is 5.69. The molecule has 4 heteroatoms. The number of hydrogen-bond donors (Lipinski definition) is 1. The summed E-state index contributed by atoms with van der Waals surface area (Å²) in [4.78, 5) is 12.0. The second kappa shape index (κ2) is 36.0. The van der Waals surface area contributed by atoms with Crippen molar-refractivity contribution >= 4 is 5.97 Å². The molecule has 0 aliphatic rings. The zero-order chi connectivity index (χ0) is 31.3. The molecule has 1 atom stereocenters. The number of carbonyl (C=O) groups is 1. The van der Waals surface area contributed by atoms with E-state index in [1.54, 1.807) is 0 Å². The largest absolute Gasteiger partial charge is 0.457 e. The Balaban J connectivity index is 3.58. The summed E-state index contributed by atoms with van der Waals surface area (Å²) in [6.07, 6.45) is 48.0. The normalized spacial score (nSPS) is 13.3. The molecule has 0 saturated heterocycles. The summed E-state index contributed by atoms with van der Waals surface area (Å²) in [5, 5.41) is 9.51. The molecule has 0 spiro atoms. The minimum absolute atomic E-state index is 0.188. The van der Waals surface area contributed by atoms with E-state index in [1.165, 1.54) is 44.9 Å². The first kappa shape index (κ1) is 40.8. The Kier molecular flexibility index (Phi) is 34.2. The van der Waals surface area contributed by atoms with Crippen LogP contribution in [0.4, 0.5) is 0 Å². The summed E-state index contributed by atoms with van der Waals surface area (Å²) >= 11 is 0. The van der Waals surface area contributed by atoms with Crippen molar-refractivity contribution in [3.05, 3.63) is 72.9 Å². The average molecular weight is 599 g/mol. The molecule has 246 valence electrons. The standard InChI is InChI=1S/C39H66O4/c1-3-5-7-9-11-13-14-15-16-17-18-19-20-21-22-23-24-25-27-29-31-33-35-42-37-38(36-40)43-39(41)34-32-30-28-26-12-10-8-6-4-2/h5,7,11,13,15-16,18-19,21-22,24-25,38,40H,3-4,6,8-10,12,14,17,20,23,26-37H2,1-2H3/b7-5-,13-11-,16-15-,19-18-,22-21-,25-24-. The maximum Gasteiger partial charge on any atom is 0.306 e. The molecule has 0 amide bonds. The zero-order valence-electron chi connectivity index (χ0n) is 27.9. The minimum Gasteiger partial charge on any atom is -0.457 e. The molecule has 0 bridgehead atoms. The summed E-state index contributed by atoms with van der Waals surface area (Å²) < 4.78 is 11.0. The molecular formula is C39H66O4. The van der Waals surface area contributed by atoms with Gasteiger partial charge in [-0.15, -0.1) is 0 Å². The van der Waals surface area contributed by atoms with Crippen LogP contribution in [0.25, 0.3) is 0 Å². The van der Waals surface area contributed by atoms with Crippen LogP contribution in [0.3, 0.4) is 0 Å². The number of esters is 1. The van der Waals surface area contributed by atoms with Crippen LogP contribution >= 0.6 is 0 Å². The van der Waals surface area contributed by atoms with Crippen LogP contribution in [0.2, 0.25) is 0 Å². The van der Waals surface area contributed by atoms with Crippen LogP contribution in [0.1, 0.15) is 142 Å². The molecule has 0 radical (unpaired) electrons. The second-order valence-corrected chi connectivity index (χ2v) is 11.2. The van der Waals surface area contributed by atoms with E-state index >= 15 is 0 Å². The molecule has 0 saturated carbocycles. The fourth-order valence-electron chi connectivity index (χ4n) is 4.45. The van der Waals surface area contributed by atoms with E-state index < -0.39 is 6.10 Å². The highest BCUT2D eigenvalue weighted by Gasteiger charge is 2.13. The predicted molar refractivity (Wildman–Crippen MR) is 186 cm³/mol. The van der Waals surface area contributed by atoms with E-state index in [0.29, 0.717) is 13.0 Å². The molecule has 1 unspecified atom stereocenters. The fraction of sp³-hybridized carbons (Fsp3) is 0.667. The molecule has 43 heavy (non-hydrogen) atoms. The molecule has 0 rings (SSSR count). The molecule has 1 N–H and O–H groups in total. The van der Waals surface area contributed by atoms with Crippen LogP contribution < -0.4 is 0 Å². The number of aliphatic hydroxyl groups excluding tert-OH is 1. The van der Waals surface area contributed by atoms with Gasteiger partial charge in [-0.2, -0.15) is 0 Å². The summed E-state index contributed by atoms with van der Waals surface area (Å²) in [5.74, 6) is -0.220. The highest BCUT2D eigenvalue weighted by Crippen LogP contribution is 2.11. The van der Waals surface area contributed by atoms with Crippen molar-refractivity contribution in [1.29, 1.82) is 0 Å². The number of rotatable bonds is 31. The van der Waals surface area contributed by atoms with Gasteiger partial charge in [-0.3, -0.25) is 4.79 Å². The zero-order valence-corrected chi connectivity index (χ0v) is 27.9. The molecule has 0 aromatic rings. The maximum absolute atomic E-state index is 12.0. The summed E-state index contributed by atoms with van der Waals surface area (Å²) in [7, 11) is 0. The Bertz CT molecular complexity index is 759. The van der Waals surface area contributed by atoms with E-state index in [2.05, 4.69) is 86.8 Å². The van der Waals surface area contributed by atoms with Crippen molar-refractivity contribution < 1.29 is 19.4 Å². The molecule has 0 aromatic carbocycles. The number of carbonyl (C=O) groups excluding carboxylic acids is 1. The molecule has 0 aromatic heterocycles. The van der Waals surface area contributed by atoms with Gasteiger partial charge in [0.25, 0.3) is 0 Å². The van der Waals surface area contributed by atoms with Gasteiger partial charge in [-0.25, -0.2) is 0 Å². The summed E-state index contributed by atoms with van der Waals surface area (Å²) in [5.41, 5.74) is 0. The van der Waals surface area contributed by atoms with Crippen molar-refractivity contribution in [2.45, 2.75) is 148 Å². The van der Waals surface area contributed by atoms with Crippen molar-refractivity contribution in [2.75, 3.05) is 19.8 Å². The van der Waals surface area contributed by atoms with Gasteiger partial charge in [-0.1, -0.05) is 145 Å². The van der Waals surface area contributed by atoms with Crippen LogP contribution in [0.5, 0.6) is 0 Å². The third-order valence-electron chi connectivity index (χ3n) is 7.05. The van der Waals surface area contributed by atoms with E-state index in [-0.39, 0.29) is 19.2 Å². The SMILES string of the molecule is CC/C=C\C/C=C\C/C=C\C/C=C\C/C=C\C/C=C\CCCCCOCC(CO)OC(=O)CCCCCCCCCCC. The highest BCUT2D eigenvalue weighted by atomic mass is 16.6. The van der Waals surface area contributed by atoms with Gasteiger partial charge in [0.15, 0.2) is 0 Å². The topological polar surface area (TPSA) is 55.8 Å². The number of hydrogen-bond acceptors (Lipinski definition) is 4. The maximum atomic E-state index is 12.0. The molecule has 0 heterocycles. The third-order valence-corrected chi connectivity index (χ3v) is 7.05. The molecule has 0 fully saturated rings. The first-order chi connectivity index (χ1) is 21.2. The van der Waals surface area contributed by atoms with Crippen LogP contribution in [0, 0.1) is 0 Å². The molecular weight excluding hydrogens is 532 g/mol. The second-order valence-electron chi connectivity index (χ2n) is 11.2. The number of aliphatic hydroxyl groups is 1. The minimum atomic E-state index is -0.551. The smallest absolute Gasteiger partial charge is 0.306 e. The Morgan fingerprint density at radius 2 is 1.05 bits per heavy atom.